The van der Waals surface area contributed by atoms with E-state index in [1.807, 2.05) is 44.2 Å². The molecule has 130 valence electrons. The maximum Gasteiger partial charge on any atom is 0.256 e. The van der Waals surface area contributed by atoms with Crippen LogP contribution in [0.1, 0.15) is 37.4 Å². The maximum atomic E-state index is 12.8. The molecule has 0 aliphatic heterocycles. The van der Waals surface area contributed by atoms with E-state index < -0.39 is 0 Å². The van der Waals surface area contributed by atoms with Crippen LogP contribution in [0.3, 0.4) is 0 Å². The predicted molar refractivity (Wildman–Crippen MR) is 108 cm³/mol. The second kappa shape index (κ2) is 7.67. The van der Waals surface area contributed by atoms with E-state index in [1.165, 1.54) is 0 Å². The van der Waals surface area contributed by atoms with Crippen molar-refractivity contribution >= 4 is 33.3 Å². The number of benzene rings is 3. The molecular weight excluding hydrogens is 390 g/mol. The summed E-state index contributed by atoms with van der Waals surface area (Å²) in [6, 6.07) is 19.9. The number of nitrogens with one attached hydrogen (secondary N) is 1. The summed E-state index contributed by atoms with van der Waals surface area (Å²) in [7, 11) is 0. The van der Waals surface area contributed by atoms with Crippen molar-refractivity contribution in [2.75, 3.05) is 5.32 Å². The monoisotopic (exact) mass is 407 g/mol. The molecule has 1 N–H and O–H groups in total. The molecule has 0 aromatic heterocycles. The van der Waals surface area contributed by atoms with E-state index in [2.05, 4.69) is 21.2 Å². The third-order valence-electron chi connectivity index (χ3n) is 4.27. The lowest BCUT2D eigenvalue weighted by Crippen LogP contribution is -2.13. The van der Waals surface area contributed by atoms with Crippen LogP contribution in [0, 0.1) is 13.8 Å². The van der Waals surface area contributed by atoms with Crippen LogP contribution >= 0.6 is 15.9 Å². The van der Waals surface area contributed by atoms with Gasteiger partial charge in [-0.3, -0.25) is 9.59 Å². The molecule has 3 aromatic rings. The Morgan fingerprint density at radius 2 is 1.54 bits per heavy atom. The number of halogens is 1. The van der Waals surface area contributed by atoms with E-state index in [4.69, 9.17) is 0 Å². The van der Waals surface area contributed by atoms with Gasteiger partial charge in [-0.15, -0.1) is 0 Å². The van der Waals surface area contributed by atoms with E-state index in [0.717, 1.165) is 15.6 Å². The third-order valence-corrected chi connectivity index (χ3v) is 4.96. The second-order valence-corrected chi connectivity index (χ2v) is 7.00. The van der Waals surface area contributed by atoms with Crippen molar-refractivity contribution in [2.24, 2.45) is 0 Å². The Morgan fingerprint density at radius 3 is 2.27 bits per heavy atom. The number of aryl methyl sites for hydroxylation is 2. The number of carbonyl (C=O) groups excluding carboxylic acids is 2. The molecule has 0 spiro atoms. The first-order valence-corrected chi connectivity index (χ1v) is 9.03. The molecule has 3 aromatic carbocycles. The maximum absolute atomic E-state index is 12.8. The van der Waals surface area contributed by atoms with Crippen LogP contribution in [-0.2, 0) is 0 Å². The van der Waals surface area contributed by atoms with Crippen molar-refractivity contribution < 1.29 is 9.59 Å². The van der Waals surface area contributed by atoms with Gasteiger partial charge in [-0.05, 0) is 71.2 Å². The molecule has 0 bridgehead atoms. The van der Waals surface area contributed by atoms with Crippen molar-refractivity contribution in [1.29, 1.82) is 0 Å². The van der Waals surface area contributed by atoms with Crippen LogP contribution in [0.4, 0.5) is 5.69 Å². The summed E-state index contributed by atoms with van der Waals surface area (Å²) in [6.07, 6.45) is 0. The summed E-state index contributed by atoms with van der Waals surface area (Å²) in [5.74, 6) is -0.293. The third kappa shape index (κ3) is 3.92. The largest absolute Gasteiger partial charge is 0.322 e. The van der Waals surface area contributed by atoms with Crippen LogP contribution in [0.15, 0.2) is 71.2 Å². The van der Waals surface area contributed by atoms with Crippen molar-refractivity contribution in [3.05, 3.63) is 99.0 Å². The lowest BCUT2D eigenvalue weighted by atomic mass is 9.99. The minimum absolute atomic E-state index is 0.0647. The Bertz CT molecular complexity index is 995. The topological polar surface area (TPSA) is 46.2 Å². The van der Waals surface area contributed by atoms with Crippen LogP contribution in [0.5, 0.6) is 0 Å². The average Bonchev–Trinajstić information content (AvgIpc) is 2.64. The standard InChI is InChI=1S/C22H18BrNO2/c1-14-10-11-17(12-15(14)2)21(25)16-6-5-7-18(13-16)24-22(26)19-8-3-4-9-20(19)23/h3-13H,1-2H3,(H,24,26). The highest BCUT2D eigenvalue weighted by Gasteiger charge is 2.13. The Hall–Kier alpha value is -2.72. The molecule has 0 saturated heterocycles. The Morgan fingerprint density at radius 1 is 0.808 bits per heavy atom. The summed E-state index contributed by atoms with van der Waals surface area (Å²) in [5.41, 5.74) is 4.53. The molecule has 0 fully saturated rings. The van der Waals surface area contributed by atoms with Gasteiger partial charge in [0, 0.05) is 21.3 Å². The summed E-state index contributed by atoms with van der Waals surface area (Å²) >= 11 is 3.38. The number of hydrogen-bond donors (Lipinski definition) is 1. The van der Waals surface area contributed by atoms with Gasteiger partial charge in [-0.25, -0.2) is 0 Å². The highest BCUT2D eigenvalue weighted by Crippen LogP contribution is 2.20. The molecule has 0 heterocycles. The molecule has 26 heavy (non-hydrogen) atoms. The molecule has 3 nitrogen and oxygen atoms in total. The smallest absolute Gasteiger partial charge is 0.256 e. The zero-order valence-electron chi connectivity index (χ0n) is 14.5. The number of amides is 1. The quantitative estimate of drug-likeness (QED) is 0.576. The van der Waals surface area contributed by atoms with Gasteiger partial charge >= 0.3 is 0 Å². The van der Waals surface area contributed by atoms with Gasteiger partial charge in [0.2, 0.25) is 0 Å². The van der Waals surface area contributed by atoms with Crippen LogP contribution in [0.25, 0.3) is 0 Å². The van der Waals surface area contributed by atoms with Crippen molar-refractivity contribution in [1.82, 2.24) is 0 Å². The highest BCUT2D eigenvalue weighted by molar-refractivity contribution is 9.10. The Balaban J connectivity index is 1.84. The second-order valence-electron chi connectivity index (χ2n) is 6.14. The minimum atomic E-state index is -0.228. The summed E-state index contributed by atoms with van der Waals surface area (Å²) in [6.45, 7) is 4.00. The van der Waals surface area contributed by atoms with Gasteiger partial charge in [0.05, 0.1) is 5.56 Å². The normalized spacial score (nSPS) is 10.4. The molecule has 0 radical (unpaired) electrons. The van der Waals surface area contributed by atoms with Crippen LogP contribution < -0.4 is 5.32 Å². The number of hydrogen-bond acceptors (Lipinski definition) is 2. The van der Waals surface area contributed by atoms with E-state index in [-0.39, 0.29) is 11.7 Å². The molecule has 1 amide bonds. The lowest BCUT2D eigenvalue weighted by Gasteiger charge is -2.09. The molecule has 3 rings (SSSR count). The van der Waals surface area contributed by atoms with Gasteiger partial charge in [-0.1, -0.05) is 36.4 Å². The van der Waals surface area contributed by atoms with Gasteiger partial charge in [0.15, 0.2) is 5.78 Å². The minimum Gasteiger partial charge on any atom is -0.322 e. The average molecular weight is 408 g/mol. The fourth-order valence-corrected chi connectivity index (χ4v) is 3.10. The summed E-state index contributed by atoms with van der Waals surface area (Å²) in [4.78, 5) is 25.2. The number of carbonyl (C=O) groups is 2. The van der Waals surface area contributed by atoms with Crippen molar-refractivity contribution in [3.63, 3.8) is 0 Å². The molecule has 0 atom stereocenters. The molecule has 4 heteroatoms. The molecule has 0 aliphatic carbocycles. The van der Waals surface area contributed by atoms with Gasteiger partial charge in [0.1, 0.15) is 0 Å². The number of rotatable bonds is 4. The molecular formula is C22H18BrNO2. The fourth-order valence-electron chi connectivity index (χ4n) is 2.63. The van der Waals surface area contributed by atoms with Crippen LogP contribution in [-0.4, -0.2) is 11.7 Å². The van der Waals surface area contributed by atoms with E-state index in [0.29, 0.717) is 22.4 Å². The number of anilines is 1. The van der Waals surface area contributed by atoms with E-state index >= 15 is 0 Å². The molecule has 0 aliphatic rings. The Kier molecular flexibility index (Phi) is 5.33. The van der Waals surface area contributed by atoms with Crippen molar-refractivity contribution in [2.45, 2.75) is 13.8 Å². The SMILES string of the molecule is Cc1ccc(C(=O)c2cccc(NC(=O)c3ccccc3Br)c2)cc1C. The fraction of sp³-hybridized carbons (Fsp3) is 0.0909. The van der Waals surface area contributed by atoms with E-state index in [9.17, 15) is 9.59 Å². The van der Waals surface area contributed by atoms with Crippen molar-refractivity contribution in [3.8, 4) is 0 Å². The number of ketones is 1. The first kappa shape index (κ1) is 18.1. The van der Waals surface area contributed by atoms with Gasteiger partial charge < -0.3 is 5.32 Å². The van der Waals surface area contributed by atoms with Crippen LogP contribution in [0.2, 0.25) is 0 Å². The predicted octanol–water partition coefficient (Wildman–Crippen LogP) is 5.55. The molecule has 0 unspecified atom stereocenters. The van der Waals surface area contributed by atoms with E-state index in [1.54, 1.807) is 36.4 Å². The zero-order chi connectivity index (χ0) is 18.7. The zero-order valence-corrected chi connectivity index (χ0v) is 16.1. The Labute approximate surface area is 161 Å². The highest BCUT2D eigenvalue weighted by atomic mass is 79.9. The lowest BCUT2D eigenvalue weighted by molar-refractivity contribution is 0.102. The first-order valence-electron chi connectivity index (χ1n) is 8.23. The van der Waals surface area contributed by atoms with Gasteiger partial charge in [0.25, 0.3) is 5.91 Å². The summed E-state index contributed by atoms with van der Waals surface area (Å²) < 4.78 is 0.722. The first-order chi connectivity index (χ1) is 12.5. The summed E-state index contributed by atoms with van der Waals surface area (Å²) in [5, 5.41) is 2.85. The molecule has 0 saturated carbocycles. The van der Waals surface area contributed by atoms with Gasteiger partial charge in [-0.2, -0.15) is 0 Å².